The smallest absolute Gasteiger partial charge is 0.220 e. The molecular formula is C12H13Cl2NO. The average molecular weight is 258 g/mol. The van der Waals surface area contributed by atoms with Crippen LogP contribution in [0.4, 0.5) is 0 Å². The molecule has 2 nitrogen and oxygen atoms in total. The van der Waals surface area contributed by atoms with Crippen LogP contribution < -0.4 is 5.32 Å². The Balaban J connectivity index is 1.85. The molecule has 1 aromatic rings. The lowest BCUT2D eigenvalue weighted by Crippen LogP contribution is -2.25. The van der Waals surface area contributed by atoms with Crippen molar-refractivity contribution in [3.8, 4) is 0 Å². The summed E-state index contributed by atoms with van der Waals surface area (Å²) >= 11 is 11.8. The molecule has 1 amide bonds. The van der Waals surface area contributed by atoms with Crippen molar-refractivity contribution in [2.45, 2.75) is 31.7 Å². The van der Waals surface area contributed by atoms with E-state index in [2.05, 4.69) is 5.32 Å². The van der Waals surface area contributed by atoms with Crippen LogP contribution in [0.3, 0.4) is 0 Å². The van der Waals surface area contributed by atoms with Crippen LogP contribution in [-0.2, 0) is 11.2 Å². The van der Waals surface area contributed by atoms with Gasteiger partial charge in [0.05, 0.1) is 0 Å². The van der Waals surface area contributed by atoms with E-state index in [0.717, 1.165) is 18.4 Å². The minimum atomic E-state index is 0.105. The molecule has 1 fully saturated rings. The molecule has 0 saturated heterocycles. The van der Waals surface area contributed by atoms with Gasteiger partial charge in [0, 0.05) is 22.5 Å². The Morgan fingerprint density at radius 2 is 2.12 bits per heavy atom. The molecule has 0 bridgehead atoms. The molecule has 2 rings (SSSR count). The second-order valence-electron chi connectivity index (χ2n) is 4.08. The van der Waals surface area contributed by atoms with E-state index in [1.54, 1.807) is 12.1 Å². The molecule has 1 N–H and O–H groups in total. The van der Waals surface area contributed by atoms with E-state index in [9.17, 15) is 4.79 Å². The normalized spacial score (nSPS) is 14.9. The van der Waals surface area contributed by atoms with Crippen LogP contribution in [0, 0.1) is 0 Å². The van der Waals surface area contributed by atoms with Gasteiger partial charge in [0.2, 0.25) is 5.91 Å². The predicted octanol–water partition coefficient (Wildman–Crippen LogP) is 3.20. The predicted molar refractivity (Wildman–Crippen MR) is 65.9 cm³/mol. The summed E-state index contributed by atoms with van der Waals surface area (Å²) in [5.74, 6) is 0.105. The van der Waals surface area contributed by atoms with Crippen molar-refractivity contribution in [3.05, 3.63) is 33.8 Å². The minimum absolute atomic E-state index is 0.105. The SMILES string of the molecule is O=C(CCc1ccc(Cl)cc1Cl)NC1CC1. The Labute approximate surface area is 105 Å². The molecular weight excluding hydrogens is 245 g/mol. The Morgan fingerprint density at radius 1 is 1.38 bits per heavy atom. The van der Waals surface area contributed by atoms with Gasteiger partial charge in [-0.1, -0.05) is 29.3 Å². The van der Waals surface area contributed by atoms with E-state index >= 15 is 0 Å². The van der Waals surface area contributed by atoms with Crippen molar-refractivity contribution in [1.29, 1.82) is 0 Å². The van der Waals surface area contributed by atoms with Gasteiger partial charge in [-0.3, -0.25) is 4.79 Å². The van der Waals surface area contributed by atoms with Crippen LogP contribution in [0.5, 0.6) is 0 Å². The highest BCUT2D eigenvalue weighted by Gasteiger charge is 2.22. The number of benzene rings is 1. The monoisotopic (exact) mass is 257 g/mol. The summed E-state index contributed by atoms with van der Waals surface area (Å²) in [6.07, 6.45) is 3.38. The lowest BCUT2D eigenvalue weighted by atomic mass is 10.1. The van der Waals surface area contributed by atoms with Gasteiger partial charge in [0.1, 0.15) is 0 Å². The molecule has 0 radical (unpaired) electrons. The average Bonchev–Trinajstić information content (AvgIpc) is 3.00. The first-order valence-corrected chi connectivity index (χ1v) is 6.14. The maximum absolute atomic E-state index is 11.5. The summed E-state index contributed by atoms with van der Waals surface area (Å²) in [7, 11) is 0. The second kappa shape index (κ2) is 5.07. The summed E-state index contributed by atoms with van der Waals surface area (Å²) < 4.78 is 0. The summed E-state index contributed by atoms with van der Waals surface area (Å²) in [5, 5.41) is 4.20. The lowest BCUT2D eigenvalue weighted by Gasteiger charge is -2.05. The molecule has 4 heteroatoms. The summed E-state index contributed by atoms with van der Waals surface area (Å²) in [6.45, 7) is 0. The number of hydrogen-bond acceptors (Lipinski definition) is 1. The van der Waals surface area contributed by atoms with Crippen LogP contribution in [-0.4, -0.2) is 11.9 Å². The molecule has 0 heterocycles. The Morgan fingerprint density at radius 3 is 2.75 bits per heavy atom. The maximum Gasteiger partial charge on any atom is 0.220 e. The van der Waals surface area contributed by atoms with Crippen LogP contribution in [0.15, 0.2) is 18.2 Å². The fraction of sp³-hybridized carbons (Fsp3) is 0.417. The minimum Gasteiger partial charge on any atom is -0.353 e. The molecule has 16 heavy (non-hydrogen) atoms. The van der Waals surface area contributed by atoms with Gasteiger partial charge >= 0.3 is 0 Å². The van der Waals surface area contributed by atoms with Gasteiger partial charge in [0.25, 0.3) is 0 Å². The number of hydrogen-bond donors (Lipinski definition) is 1. The van der Waals surface area contributed by atoms with Crippen molar-refractivity contribution >= 4 is 29.1 Å². The molecule has 1 aliphatic rings. The molecule has 86 valence electrons. The van der Waals surface area contributed by atoms with Gasteiger partial charge in [-0.05, 0) is 37.0 Å². The molecule has 0 atom stereocenters. The van der Waals surface area contributed by atoms with E-state index < -0.39 is 0 Å². The van der Waals surface area contributed by atoms with Gasteiger partial charge in [-0.15, -0.1) is 0 Å². The highest BCUT2D eigenvalue weighted by Crippen LogP contribution is 2.22. The highest BCUT2D eigenvalue weighted by molar-refractivity contribution is 6.35. The zero-order chi connectivity index (χ0) is 11.5. The first-order valence-electron chi connectivity index (χ1n) is 5.38. The number of amides is 1. The van der Waals surface area contributed by atoms with Gasteiger partial charge in [-0.2, -0.15) is 0 Å². The second-order valence-corrected chi connectivity index (χ2v) is 4.92. The summed E-state index contributed by atoms with van der Waals surface area (Å²) in [5.41, 5.74) is 0.969. The van der Waals surface area contributed by atoms with Gasteiger partial charge in [-0.25, -0.2) is 0 Å². The first kappa shape index (κ1) is 11.7. The number of rotatable bonds is 4. The molecule has 1 aliphatic carbocycles. The molecule has 0 unspecified atom stereocenters. The number of aryl methyl sites for hydroxylation is 1. The lowest BCUT2D eigenvalue weighted by molar-refractivity contribution is -0.121. The van der Waals surface area contributed by atoms with E-state index in [-0.39, 0.29) is 5.91 Å². The molecule has 0 spiro atoms. The van der Waals surface area contributed by atoms with E-state index in [1.807, 2.05) is 6.07 Å². The fourth-order valence-electron chi connectivity index (χ4n) is 1.50. The number of carbonyl (C=O) groups is 1. The van der Waals surface area contributed by atoms with Crippen molar-refractivity contribution in [2.75, 3.05) is 0 Å². The van der Waals surface area contributed by atoms with E-state index in [0.29, 0.717) is 28.9 Å². The summed E-state index contributed by atoms with van der Waals surface area (Å²) in [6, 6.07) is 5.79. The molecule has 0 aromatic heterocycles. The van der Waals surface area contributed by atoms with Crippen molar-refractivity contribution in [1.82, 2.24) is 5.32 Å². The first-order chi connectivity index (χ1) is 7.65. The number of nitrogens with one attached hydrogen (secondary N) is 1. The van der Waals surface area contributed by atoms with Crippen LogP contribution in [0.1, 0.15) is 24.8 Å². The largest absolute Gasteiger partial charge is 0.353 e. The van der Waals surface area contributed by atoms with Crippen LogP contribution in [0.2, 0.25) is 10.0 Å². The Kier molecular flexibility index (Phi) is 3.72. The van der Waals surface area contributed by atoms with E-state index in [1.165, 1.54) is 0 Å². The number of halogens is 2. The van der Waals surface area contributed by atoms with Crippen molar-refractivity contribution < 1.29 is 4.79 Å². The molecule has 0 aliphatic heterocycles. The Hall–Kier alpha value is -0.730. The van der Waals surface area contributed by atoms with Gasteiger partial charge in [0.15, 0.2) is 0 Å². The quantitative estimate of drug-likeness (QED) is 0.882. The van der Waals surface area contributed by atoms with Crippen LogP contribution in [0.25, 0.3) is 0 Å². The zero-order valence-electron chi connectivity index (χ0n) is 8.80. The van der Waals surface area contributed by atoms with E-state index in [4.69, 9.17) is 23.2 Å². The molecule has 1 aromatic carbocycles. The third kappa shape index (κ3) is 3.39. The zero-order valence-corrected chi connectivity index (χ0v) is 10.3. The highest BCUT2D eigenvalue weighted by atomic mass is 35.5. The third-order valence-electron chi connectivity index (χ3n) is 2.58. The van der Waals surface area contributed by atoms with Crippen molar-refractivity contribution in [3.63, 3.8) is 0 Å². The summed E-state index contributed by atoms with van der Waals surface area (Å²) in [4.78, 5) is 11.5. The van der Waals surface area contributed by atoms with Gasteiger partial charge < -0.3 is 5.32 Å². The molecule has 1 saturated carbocycles. The topological polar surface area (TPSA) is 29.1 Å². The van der Waals surface area contributed by atoms with Crippen molar-refractivity contribution in [2.24, 2.45) is 0 Å². The maximum atomic E-state index is 11.5. The van der Waals surface area contributed by atoms with Crippen LogP contribution >= 0.6 is 23.2 Å². The Bertz CT molecular complexity index is 402. The fourth-order valence-corrected chi connectivity index (χ4v) is 2.00. The number of carbonyl (C=O) groups excluding carboxylic acids is 1. The third-order valence-corrected chi connectivity index (χ3v) is 3.17. The standard InChI is InChI=1S/C12H13Cl2NO/c13-9-3-1-8(11(14)7-9)2-6-12(16)15-10-4-5-10/h1,3,7,10H,2,4-6H2,(H,15,16).